The van der Waals surface area contributed by atoms with Gasteiger partial charge in [-0.05, 0) is 61.6 Å². The Hall–Kier alpha value is -2.39. The molecular weight excluding hydrogens is 435 g/mol. The second-order valence-electron chi connectivity index (χ2n) is 7.36. The topological polar surface area (TPSA) is 45.1 Å². The van der Waals surface area contributed by atoms with Crippen molar-refractivity contribution in [3.8, 4) is 0 Å². The summed E-state index contributed by atoms with van der Waals surface area (Å²) in [6, 6.07) is 7.78. The van der Waals surface area contributed by atoms with Gasteiger partial charge < -0.3 is 10.4 Å². The molecule has 0 saturated carbocycles. The van der Waals surface area contributed by atoms with Gasteiger partial charge in [0.1, 0.15) is 11.6 Å². The van der Waals surface area contributed by atoms with Crippen molar-refractivity contribution in [2.24, 2.45) is 0 Å². The molecule has 3 rings (SSSR count). The molecule has 1 aromatic heterocycles. The molecular formula is C22H21F5N2OS. The first kappa shape index (κ1) is 23.3. The number of rotatable bonds is 6. The second-order valence-corrected chi connectivity index (χ2v) is 8.23. The fourth-order valence-electron chi connectivity index (χ4n) is 3.51. The number of fused-ring (bicyclic) bond motifs is 1. The summed E-state index contributed by atoms with van der Waals surface area (Å²) in [5.74, 6) is -2.77. The second kappa shape index (κ2) is 8.63. The maximum Gasteiger partial charge on any atom is 0.420 e. The Kier molecular flexibility index (Phi) is 6.48. The number of nitrogens with one attached hydrogen (secondary N) is 1. The predicted molar refractivity (Wildman–Crippen MR) is 113 cm³/mol. The smallest absolute Gasteiger partial charge is 0.378 e. The Labute approximate surface area is 180 Å². The van der Waals surface area contributed by atoms with Crippen molar-refractivity contribution in [2.45, 2.75) is 31.7 Å². The highest BCUT2D eigenvalue weighted by atomic mass is 32.2. The van der Waals surface area contributed by atoms with Crippen LogP contribution in [0.3, 0.4) is 0 Å². The van der Waals surface area contributed by atoms with Crippen molar-refractivity contribution in [3.05, 3.63) is 70.9 Å². The predicted octanol–water partition coefficient (Wildman–Crippen LogP) is 5.94. The van der Waals surface area contributed by atoms with E-state index in [9.17, 15) is 27.1 Å². The number of hydrogen-bond donors (Lipinski definition) is 2. The Morgan fingerprint density at radius 2 is 1.81 bits per heavy atom. The molecule has 0 aliphatic heterocycles. The van der Waals surface area contributed by atoms with Gasteiger partial charge in [0, 0.05) is 28.6 Å². The van der Waals surface area contributed by atoms with Crippen molar-refractivity contribution in [1.29, 1.82) is 0 Å². The third kappa shape index (κ3) is 4.48. The molecule has 3 nitrogen and oxygen atoms in total. The van der Waals surface area contributed by atoms with Crippen LogP contribution in [0.25, 0.3) is 10.9 Å². The SMILES string of the molecule is CSC[C@@](O)(C(Nc1cccc2nc(C)ccc12)c1cc(F)cc(F)c1C)C(F)(F)F. The molecule has 0 aliphatic carbocycles. The summed E-state index contributed by atoms with van der Waals surface area (Å²) >= 11 is 0.779. The monoisotopic (exact) mass is 456 g/mol. The zero-order valence-corrected chi connectivity index (χ0v) is 17.8. The Morgan fingerprint density at radius 3 is 2.45 bits per heavy atom. The fraction of sp³-hybridized carbons (Fsp3) is 0.318. The van der Waals surface area contributed by atoms with Crippen LogP contribution >= 0.6 is 11.8 Å². The Bertz CT molecular complexity index is 1110. The minimum absolute atomic E-state index is 0.183. The van der Waals surface area contributed by atoms with Gasteiger partial charge in [-0.1, -0.05) is 6.07 Å². The number of hydrogen-bond acceptors (Lipinski definition) is 4. The molecule has 1 unspecified atom stereocenters. The maximum absolute atomic E-state index is 14.3. The molecule has 3 aromatic rings. The number of aromatic nitrogens is 1. The van der Waals surface area contributed by atoms with E-state index < -0.39 is 35.2 Å². The average molecular weight is 456 g/mol. The van der Waals surface area contributed by atoms with Gasteiger partial charge in [-0.25, -0.2) is 8.78 Å². The quantitative estimate of drug-likeness (QED) is 0.451. The van der Waals surface area contributed by atoms with Gasteiger partial charge in [0.25, 0.3) is 0 Å². The van der Waals surface area contributed by atoms with E-state index in [0.29, 0.717) is 17.0 Å². The maximum atomic E-state index is 14.3. The van der Waals surface area contributed by atoms with E-state index in [1.807, 2.05) is 0 Å². The minimum Gasteiger partial charge on any atom is -0.378 e. The van der Waals surface area contributed by atoms with Crippen molar-refractivity contribution in [1.82, 2.24) is 4.98 Å². The van der Waals surface area contributed by atoms with E-state index in [0.717, 1.165) is 23.5 Å². The Balaban J connectivity index is 2.25. The molecule has 0 aliphatic rings. The Morgan fingerprint density at radius 1 is 1.10 bits per heavy atom. The summed E-state index contributed by atoms with van der Waals surface area (Å²) in [4.78, 5) is 4.36. The van der Waals surface area contributed by atoms with Crippen LogP contribution in [0.5, 0.6) is 0 Å². The fourth-order valence-corrected chi connectivity index (χ4v) is 4.28. The number of aliphatic hydroxyl groups is 1. The summed E-state index contributed by atoms with van der Waals surface area (Å²) in [7, 11) is 0. The molecule has 2 aromatic carbocycles. The third-order valence-electron chi connectivity index (χ3n) is 5.16. The van der Waals surface area contributed by atoms with Gasteiger partial charge in [-0.2, -0.15) is 24.9 Å². The van der Waals surface area contributed by atoms with Gasteiger partial charge >= 0.3 is 6.18 Å². The van der Waals surface area contributed by atoms with Gasteiger partial charge in [-0.15, -0.1) is 0 Å². The molecule has 1 heterocycles. The van der Waals surface area contributed by atoms with Gasteiger partial charge in [0.2, 0.25) is 0 Å². The van der Waals surface area contributed by atoms with Crippen LogP contribution in [-0.4, -0.2) is 33.9 Å². The number of aryl methyl sites for hydroxylation is 1. The van der Waals surface area contributed by atoms with Crippen molar-refractivity contribution in [2.75, 3.05) is 17.3 Å². The normalized spacial score (nSPS) is 15.0. The van der Waals surface area contributed by atoms with Crippen LogP contribution in [0.4, 0.5) is 27.6 Å². The highest BCUT2D eigenvalue weighted by molar-refractivity contribution is 7.98. The molecule has 0 saturated heterocycles. The number of thioether (sulfide) groups is 1. The van der Waals surface area contributed by atoms with Crippen LogP contribution in [-0.2, 0) is 0 Å². The van der Waals surface area contributed by atoms with E-state index in [4.69, 9.17) is 0 Å². The third-order valence-corrected chi connectivity index (χ3v) is 5.89. The summed E-state index contributed by atoms with van der Waals surface area (Å²) in [5.41, 5.74) is -2.30. The van der Waals surface area contributed by atoms with Gasteiger partial charge in [-0.3, -0.25) is 4.98 Å². The number of anilines is 1. The van der Waals surface area contributed by atoms with Crippen molar-refractivity contribution in [3.63, 3.8) is 0 Å². The van der Waals surface area contributed by atoms with Gasteiger partial charge in [0.05, 0.1) is 11.6 Å². The molecule has 0 radical (unpaired) electrons. The highest BCUT2D eigenvalue weighted by Gasteiger charge is 2.59. The lowest BCUT2D eigenvalue weighted by Gasteiger charge is -2.39. The van der Waals surface area contributed by atoms with Crippen LogP contribution in [0.15, 0.2) is 42.5 Å². The van der Waals surface area contributed by atoms with E-state index in [1.54, 1.807) is 31.2 Å². The molecule has 0 bridgehead atoms. The van der Waals surface area contributed by atoms with Crippen molar-refractivity contribution >= 4 is 28.4 Å². The minimum atomic E-state index is -5.08. The number of alkyl halides is 3. The van der Waals surface area contributed by atoms with Crippen LogP contribution < -0.4 is 5.32 Å². The van der Waals surface area contributed by atoms with Crippen molar-refractivity contribution < 1.29 is 27.1 Å². The highest BCUT2D eigenvalue weighted by Crippen LogP contribution is 2.45. The summed E-state index contributed by atoms with van der Waals surface area (Å²) in [6.45, 7) is 3.03. The van der Waals surface area contributed by atoms with E-state index >= 15 is 0 Å². The standard InChI is InChI=1S/C22H21F5N2OS/c1-12-7-8-15-18(28-12)5-4-6-19(15)29-20(21(30,11-31-3)22(25,26)27)16-9-14(23)10-17(24)13(16)2/h4-10,20,29-30H,11H2,1-3H3/t20?,21-/m1/s1. The molecule has 2 atom stereocenters. The van der Waals surface area contributed by atoms with Crippen LogP contribution in [0.1, 0.15) is 22.9 Å². The lowest BCUT2D eigenvalue weighted by Crippen LogP contribution is -2.54. The summed E-state index contributed by atoms with van der Waals surface area (Å²) in [6.07, 6.45) is -3.67. The molecule has 0 spiro atoms. The first-order valence-electron chi connectivity index (χ1n) is 9.34. The zero-order chi connectivity index (χ0) is 23.0. The lowest BCUT2D eigenvalue weighted by atomic mass is 9.86. The molecule has 0 amide bonds. The first-order valence-corrected chi connectivity index (χ1v) is 10.7. The largest absolute Gasteiger partial charge is 0.420 e. The first-order chi connectivity index (χ1) is 14.5. The van der Waals surface area contributed by atoms with E-state index in [2.05, 4.69) is 10.3 Å². The number of halogens is 5. The summed E-state index contributed by atoms with van der Waals surface area (Å²) in [5, 5.41) is 14.1. The molecule has 9 heteroatoms. The number of nitrogens with zero attached hydrogens (tertiary/aromatic N) is 1. The lowest BCUT2D eigenvalue weighted by molar-refractivity contribution is -0.256. The molecule has 2 N–H and O–H groups in total. The zero-order valence-electron chi connectivity index (χ0n) is 17.0. The van der Waals surface area contributed by atoms with E-state index in [1.165, 1.54) is 19.2 Å². The average Bonchev–Trinajstić information content (AvgIpc) is 2.68. The van der Waals surface area contributed by atoms with E-state index in [-0.39, 0.29) is 16.8 Å². The molecule has 166 valence electrons. The van der Waals surface area contributed by atoms with Gasteiger partial charge in [0.15, 0.2) is 5.60 Å². The van der Waals surface area contributed by atoms with Crippen LogP contribution in [0.2, 0.25) is 0 Å². The number of pyridine rings is 1. The number of benzene rings is 2. The summed E-state index contributed by atoms with van der Waals surface area (Å²) < 4.78 is 70.7. The molecule has 31 heavy (non-hydrogen) atoms. The molecule has 0 fully saturated rings. The van der Waals surface area contributed by atoms with Crippen LogP contribution in [0, 0.1) is 25.5 Å².